The number of H-pyrrole nitrogens is 1. The highest BCUT2D eigenvalue weighted by Gasteiger charge is 2.32. The highest BCUT2D eigenvalue weighted by molar-refractivity contribution is 5.56. The molecule has 3 heterocycles. The van der Waals surface area contributed by atoms with E-state index in [-0.39, 0.29) is 16.7 Å². The van der Waals surface area contributed by atoms with Crippen molar-refractivity contribution in [1.29, 1.82) is 5.26 Å². The number of hydrogen-bond acceptors (Lipinski definition) is 5. The average Bonchev–Trinajstić information content (AvgIpc) is 2.46. The molecule has 21 heavy (non-hydrogen) atoms. The Hall–Kier alpha value is -1.84. The molecule has 0 spiro atoms. The molecule has 1 fully saturated rings. The van der Waals surface area contributed by atoms with Gasteiger partial charge in [0.25, 0.3) is 5.56 Å². The first-order valence-electron chi connectivity index (χ1n) is 7.16. The highest BCUT2D eigenvalue weighted by Crippen LogP contribution is 2.33. The van der Waals surface area contributed by atoms with Crippen LogP contribution in [-0.4, -0.2) is 36.9 Å². The van der Waals surface area contributed by atoms with E-state index in [1.807, 2.05) is 19.9 Å². The maximum atomic E-state index is 12.2. The summed E-state index contributed by atoms with van der Waals surface area (Å²) in [4.78, 5) is 17.2. The molecule has 6 nitrogen and oxygen atoms in total. The van der Waals surface area contributed by atoms with Crippen LogP contribution in [0.15, 0.2) is 4.79 Å². The second-order valence-electron chi connectivity index (χ2n) is 6.07. The Morgan fingerprint density at radius 2 is 2.00 bits per heavy atom. The number of anilines is 1. The van der Waals surface area contributed by atoms with Gasteiger partial charge in [0.05, 0.1) is 25.4 Å². The minimum atomic E-state index is -0.353. The van der Waals surface area contributed by atoms with Gasteiger partial charge in [0.1, 0.15) is 17.5 Å². The number of hydrogen-bond donors (Lipinski definition) is 1. The van der Waals surface area contributed by atoms with Crippen LogP contribution >= 0.6 is 0 Å². The van der Waals surface area contributed by atoms with Crippen molar-refractivity contribution in [2.24, 2.45) is 0 Å². The van der Waals surface area contributed by atoms with Crippen molar-refractivity contribution in [1.82, 2.24) is 4.98 Å². The zero-order chi connectivity index (χ0) is 15.0. The number of pyridine rings is 1. The number of morpholine rings is 1. The summed E-state index contributed by atoms with van der Waals surface area (Å²) in [7, 11) is 0. The molecule has 112 valence electrons. The highest BCUT2D eigenvalue weighted by atomic mass is 16.5. The minimum absolute atomic E-state index is 0.221. The molecule has 0 saturated carbocycles. The van der Waals surface area contributed by atoms with Crippen molar-refractivity contribution >= 4 is 5.82 Å². The SMILES string of the molecule is CC1(C)Cc2c(c(N3CCOCC3)[nH]c(=O)c2C#N)CO1. The van der Waals surface area contributed by atoms with E-state index in [0.29, 0.717) is 26.2 Å². The van der Waals surface area contributed by atoms with E-state index >= 15 is 0 Å². The van der Waals surface area contributed by atoms with Gasteiger partial charge in [-0.2, -0.15) is 5.26 Å². The number of fused-ring (bicyclic) bond motifs is 1. The Labute approximate surface area is 123 Å². The van der Waals surface area contributed by atoms with Gasteiger partial charge < -0.3 is 19.4 Å². The van der Waals surface area contributed by atoms with Gasteiger partial charge in [0.15, 0.2) is 0 Å². The van der Waals surface area contributed by atoms with Crippen molar-refractivity contribution in [2.75, 3.05) is 31.2 Å². The largest absolute Gasteiger partial charge is 0.378 e. The summed E-state index contributed by atoms with van der Waals surface area (Å²) in [6, 6.07) is 2.05. The fourth-order valence-electron chi connectivity index (χ4n) is 2.95. The first-order chi connectivity index (χ1) is 10.0. The van der Waals surface area contributed by atoms with Crippen molar-refractivity contribution in [3.8, 4) is 6.07 Å². The van der Waals surface area contributed by atoms with E-state index < -0.39 is 0 Å². The second kappa shape index (κ2) is 5.17. The molecule has 1 aromatic rings. The zero-order valence-electron chi connectivity index (χ0n) is 12.4. The van der Waals surface area contributed by atoms with Gasteiger partial charge in [-0.3, -0.25) is 4.79 Å². The van der Waals surface area contributed by atoms with Crippen LogP contribution in [-0.2, 0) is 22.5 Å². The lowest BCUT2D eigenvalue weighted by Gasteiger charge is -2.36. The molecular formula is C15H19N3O3. The molecule has 0 aromatic carbocycles. The van der Waals surface area contributed by atoms with Crippen LogP contribution in [0, 0.1) is 11.3 Å². The molecule has 1 N–H and O–H groups in total. The summed E-state index contributed by atoms with van der Waals surface area (Å²) in [5.41, 5.74) is 1.33. The molecule has 2 aliphatic heterocycles. The maximum absolute atomic E-state index is 12.2. The maximum Gasteiger partial charge on any atom is 0.267 e. The van der Waals surface area contributed by atoms with Crippen molar-refractivity contribution in [3.63, 3.8) is 0 Å². The van der Waals surface area contributed by atoms with E-state index in [1.165, 1.54) is 0 Å². The normalized spacial score (nSPS) is 20.7. The Morgan fingerprint density at radius 1 is 1.29 bits per heavy atom. The number of aromatic amines is 1. The average molecular weight is 289 g/mol. The van der Waals surface area contributed by atoms with Crippen LogP contribution in [0.1, 0.15) is 30.5 Å². The Morgan fingerprint density at radius 3 is 2.67 bits per heavy atom. The minimum Gasteiger partial charge on any atom is -0.378 e. The number of nitrogens with zero attached hydrogens (tertiary/aromatic N) is 2. The van der Waals surface area contributed by atoms with Crippen molar-refractivity contribution in [3.05, 3.63) is 27.0 Å². The molecule has 3 rings (SSSR count). The summed E-state index contributed by atoms with van der Waals surface area (Å²) in [5, 5.41) is 9.30. The quantitative estimate of drug-likeness (QED) is 0.832. The first kappa shape index (κ1) is 14.1. The fourth-order valence-corrected chi connectivity index (χ4v) is 2.95. The molecule has 0 unspecified atom stereocenters. The molecule has 1 saturated heterocycles. The number of nitriles is 1. The molecular weight excluding hydrogens is 270 g/mol. The second-order valence-corrected chi connectivity index (χ2v) is 6.07. The van der Waals surface area contributed by atoms with E-state index in [2.05, 4.69) is 9.88 Å². The zero-order valence-corrected chi connectivity index (χ0v) is 12.4. The summed E-state index contributed by atoms with van der Waals surface area (Å²) >= 11 is 0. The lowest BCUT2D eigenvalue weighted by molar-refractivity contribution is -0.0402. The number of rotatable bonds is 1. The smallest absolute Gasteiger partial charge is 0.267 e. The summed E-state index contributed by atoms with van der Waals surface area (Å²) in [6.45, 7) is 7.13. The third kappa shape index (κ3) is 2.55. The Kier molecular flexibility index (Phi) is 3.47. The summed E-state index contributed by atoms with van der Waals surface area (Å²) in [6.07, 6.45) is 0.576. The van der Waals surface area contributed by atoms with Crippen molar-refractivity contribution < 1.29 is 9.47 Å². The van der Waals surface area contributed by atoms with E-state index in [9.17, 15) is 10.1 Å². The predicted octanol–water partition coefficient (Wildman–Crippen LogP) is 0.934. The van der Waals surface area contributed by atoms with Crippen LogP contribution in [0.25, 0.3) is 0 Å². The van der Waals surface area contributed by atoms with Crippen molar-refractivity contribution in [2.45, 2.75) is 32.5 Å². The molecule has 0 amide bonds. The lowest BCUT2D eigenvalue weighted by atomic mass is 9.89. The molecule has 1 aromatic heterocycles. The first-order valence-corrected chi connectivity index (χ1v) is 7.16. The van der Waals surface area contributed by atoms with Gasteiger partial charge in [-0.25, -0.2) is 0 Å². The van der Waals surface area contributed by atoms with Gasteiger partial charge in [-0.1, -0.05) is 0 Å². The Bertz CT molecular complexity index is 651. The molecule has 0 aliphatic carbocycles. The standard InChI is InChI=1S/C15H19N3O3/c1-15(2)7-10-11(8-16)14(19)17-13(12(10)9-21-15)18-3-5-20-6-4-18/h3-7,9H2,1-2H3,(H,17,19). The molecule has 0 atom stereocenters. The number of aromatic nitrogens is 1. The Balaban J connectivity index is 2.13. The van der Waals surface area contributed by atoms with Crippen LogP contribution in [0.2, 0.25) is 0 Å². The molecule has 0 radical (unpaired) electrons. The van der Waals surface area contributed by atoms with Gasteiger partial charge in [-0.15, -0.1) is 0 Å². The molecule has 2 aliphatic rings. The van der Waals surface area contributed by atoms with E-state index in [0.717, 1.165) is 30.0 Å². The van der Waals surface area contributed by atoms with Crippen LogP contribution in [0.3, 0.4) is 0 Å². The monoisotopic (exact) mass is 289 g/mol. The van der Waals surface area contributed by atoms with E-state index in [1.54, 1.807) is 0 Å². The lowest BCUT2D eigenvalue weighted by Crippen LogP contribution is -2.41. The van der Waals surface area contributed by atoms with Crippen LogP contribution in [0.5, 0.6) is 0 Å². The number of nitrogens with one attached hydrogen (secondary N) is 1. The van der Waals surface area contributed by atoms with Gasteiger partial charge in [0, 0.05) is 25.1 Å². The summed E-state index contributed by atoms with van der Waals surface area (Å²) in [5.74, 6) is 0.785. The third-order valence-corrected chi connectivity index (χ3v) is 4.06. The topological polar surface area (TPSA) is 78.4 Å². The van der Waals surface area contributed by atoms with E-state index in [4.69, 9.17) is 9.47 Å². The van der Waals surface area contributed by atoms with Gasteiger partial charge in [-0.05, 0) is 19.4 Å². The number of ether oxygens (including phenoxy) is 2. The third-order valence-electron chi connectivity index (χ3n) is 4.06. The fraction of sp³-hybridized carbons (Fsp3) is 0.600. The summed E-state index contributed by atoms with van der Waals surface area (Å²) < 4.78 is 11.2. The molecule has 6 heteroatoms. The van der Waals surface area contributed by atoms with Gasteiger partial charge in [0.2, 0.25) is 0 Å². The molecule has 0 bridgehead atoms. The van der Waals surface area contributed by atoms with Crippen LogP contribution < -0.4 is 10.5 Å². The van der Waals surface area contributed by atoms with Gasteiger partial charge >= 0.3 is 0 Å². The van der Waals surface area contributed by atoms with Crippen LogP contribution in [0.4, 0.5) is 5.82 Å². The predicted molar refractivity (Wildman–Crippen MR) is 77.4 cm³/mol.